The number of carbonyl (C=O) groups excluding carboxylic acids is 1. The molecule has 0 spiro atoms. The summed E-state index contributed by atoms with van der Waals surface area (Å²) in [6.07, 6.45) is 2.71. The second kappa shape index (κ2) is 7.90. The summed E-state index contributed by atoms with van der Waals surface area (Å²) in [4.78, 5) is 20.3. The average Bonchev–Trinajstić information content (AvgIpc) is 2.66. The predicted octanol–water partition coefficient (Wildman–Crippen LogP) is 4.87. The van der Waals surface area contributed by atoms with Crippen LogP contribution < -0.4 is 10.6 Å². The van der Waals surface area contributed by atoms with E-state index in [2.05, 4.69) is 34.4 Å². The summed E-state index contributed by atoms with van der Waals surface area (Å²) in [7, 11) is 0. The minimum absolute atomic E-state index is 0.166. The normalized spacial score (nSPS) is 10.7. The maximum absolute atomic E-state index is 13.2. The van der Waals surface area contributed by atoms with Gasteiger partial charge in [0.25, 0.3) is 5.91 Å². The molecule has 0 saturated carbocycles. The van der Waals surface area contributed by atoms with Crippen LogP contribution in [0.2, 0.25) is 0 Å². The smallest absolute Gasteiger partial charge is 0.258 e. The van der Waals surface area contributed by atoms with E-state index in [1.54, 1.807) is 0 Å². The minimum Gasteiger partial charge on any atom is -0.324 e. The molecule has 2 N–H and O–H groups in total. The molecule has 0 atom stereocenters. The number of aromatic nitrogens is 2. The highest BCUT2D eigenvalue weighted by atomic mass is 19.2. The molecule has 2 aromatic carbocycles. The average molecular weight is 368 g/mol. The fraction of sp³-hybridized carbons (Fsp3) is 0.150. The van der Waals surface area contributed by atoms with Gasteiger partial charge in [0.2, 0.25) is 5.95 Å². The number of carbonyl (C=O) groups is 1. The molecule has 138 valence electrons. The van der Waals surface area contributed by atoms with Crippen molar-refractivity contribution in [3.05, 3.63) is 77.6 Å². The molecule has 1 amide bonds. The van der Waals surface area contributed by atoms with Gasteiger partial charge in [0.05, 0.1) is 5.56 Å². The third kappa shape index (κ3) is 4.63. The molecule has 1 heterocycles. The Morgan fingerprint density at radius 1 is 0.926 bits per heavy atom. The second-order valence-corrected chi connectivity index (χ2v) is 6.28. The maximum Gasteiger partial charge on any atom is 0.258 e. The molecular formula is C20H18F2N4O. The summed E-state index contributed by atoms with van der Waals surface area (Å²) in [6, 6.07) is 11.0. The molecule has 5 nitrogen and oxygen atoms in total. The first kappa shape index (κ1) is 18.4. The van der Waals surface area contributed by atoms with Gasteiger partial charge in [-0.1, -0.05) is 26.0 Å². The Hall–Kier alpha value is -3.35. The zero-order valence-electron chi connectivity index (χ0n) is 14.8. The molecular weight excluding hydrogens is 350 g/mol. The maximum atomic E-state index is 13.2. The van der Waals surface area contributed by atoms with E-state index in [1.807, 2.05) is 24.3 Å². The van der Waals surface area contributed by atoms with Crippen molar-refractivity contribution in [2.45, 2.75) is 19.8 Å². The van der Waals surface area contributed by atoms with E-state index in [0.717, 1.165) is 12.1 Å². The molecule has 0 aliphatic heterocycles. The largest absolute Gasteiger partial charge is 0.324 e. The quantitative estimate of drug-likeness (QED) is 0.674. The molecule has 27 heavy (non-hydrogen) atoms. The molecule has 0 radical (unpaired) electrons. The van der Waals surface area contributed by atoms with Gasteiger partial charge in [0.1, 0.15) is 0 Å². The lowest BCUT2D eigenvalue weighted by Crippen LogP contribution is -2.13. The SMILES string of the molecule is CC(C)c1ccc(NC(=O)c2cnc(Nc3ccc(F)c(F)c3)nc2)cc1. The van der Waals surface area contributed by atoms with Gasteiger partial charge in [0.15, 0.2) is 11.6 Å². The molecule has 0 aliphatic carbocycles. The van der Waals surface area contributed by atoms with Crippen LogP contribution in [0.3, 0.4) is 0 Å². The van der Waals surface area contributed by atoms with E-state index in [0.29, 0.717) is 17.3 Å². The Morgan fingerprint density at radius 2 is 1.56 bits per heavy atom. The number of amides is 1. The van der Waals surface area contributed by atoms with E-state index < -0.39 is 11.6 Å². The van der Waals surface area contributed by atoms with Crippen LogP contribution in [0.25, 0.3) is 0 Å². The third-order valence-electron chi connectivity index (χ3n) is 3.92. The number of benzene rings is 2. The van der Waals surface area contributed by atoms with Crippen LogP contribution in [-0.2, 0) is 0 Å². The summed E-state index contributed by atoms with van der Waals surface area (Å²) in [5, 5.41) is 5.52. The summed E-state index contributed by atoms with van der Waals surface area (Å²) < 4.78 is 26.2. The molecule has 3 aromatic rings. The van der Waals surface area contributed by atoms with E-state index in [4.69, 9.17) is 0 Å². The lowest BCUT2D eigenvalue weighted by molar-refractivity contribution is 0.102. The lowest BCUT2D eigenvalue weighted by atomic mass is 10.0. The van der Waals surface area contributed by atoms with Crippen LogP contribution in [0.4, 0.5) is 26.1 Å². The topological polar surface area (TPSA) is 66.9 Å². The van der Waals surface area contributed by atoms with Gasteiger partial charge in [-0.2, -0.15) is 0 Å². The number of hydrogen-bond acceptors (Lipinski definition) is 4. The number of rotatable bonds is 5. The van der Waals surface area contributed by atoms with Crippen molar-refractivity contribution in [1.82, 2.24) is 9.97 Å². The lowest BCUT2D eigenvalue weighted by Gasteiger charge is -2.09. The highest BCUT2D eigenvalue weighted by Crippen LogP contribution is 2.18. The first-order valence-electron chi connectivity index (χ1n) is 8.38. The highest BCUT2D eigenvalue weighted by molar-refractivity contribution is 6.03. The standard InChI is InChI=1S/C20H18F2N4O/c1-12(2)13-3-5-15(6-4-13)25-19(27)14-10-23-20(24-11-14)26-16-7-8-17(21)18(22)9-16/h3-12H,1-2H3,(H,25,27)(H,23,24,26). The fourth-order valence-electron chi connectivity index (χ4n) is 2.37. The molecule has 3 rings (SSSR count). The Kier molecular flexibility index (Phi) is 5.40. The predicted molar refractivity (Wildman–Crippen MR) is 100 cm³/mol. The zero-order valence-corrected chi connectivity index (χ0v) is 14.8. The van der Waals surface area contributed by atoms with Crippen LogP contribution in [0.1, 0.15) is 35.7 Å². The second-order valence-electron chi connectivity index (χ2n) is 6.28. The Morgan fingerprint density at radius 3 is 2.15 bits per heavy atom. The van der Waals surface area contributed by atoms with Crippen LogP contribution in [0.15, 0.2) is 54.9 Å². The highest BCUT2D eigenvalue weighted by Gasteiger charge is 2.09. The van der Waals surface area contributed by atoms with Gasteiger partial charge < -0.3 is 10.6 Å². The number of nitrogens with zero attached hydrogens (tertiary/aromatic N) is 2. The molecule has 0 fully saturated rings. The molecule has 7 heteroatoms. The molecule has 1 aromatic heterocycles. The molecule has 0 saturated heterocycles. The number of nitrogens with one attached hydrogen (secondary N) is 2. The van der Waals surface area contributed by atoms with E-state index >= 15 is 0 Å². The van der Waals surface area contributed by atoms with Gasteiger partial charge in [-0.15, -0.1) is 0 Å². The van der Waals surface area contributed by atoms with Crippen molar-refractivity contribution in [2.75, 3.05) is 10.6 Å². The zero-order chi connectivity index (χ0) is 19.4. The van der Waals surface area contributed by atoms with Gasteiger partial charge in [-0.25, -0.2) is 18.7 Å². The molecule has 0 unspecified atom stereocenters. The summed E-state index contributed by atoms with van der Waals surface area (Å²) in [6.45, 7) is 4.20. The monoisotopic (exact) mass is 368 g/mol. The van der Waals surface area contributed by atoms with Crippen molar-refractivity contribution < 1.29 is 13.6 Å². The first-order valence-corrected chi connectivity index (χ1v) is 8.38. The van der Waals surface area contributed by atoms with Gasteiger partial charge in [-0.3, -0.25) is 4.79 Å². The molecule has 0 aliphatic rings. The van der Waals surface area contributed by atoms with E-state index in [1.165, 1.54) is 24.0 Å². The van der Waals surface area contributed by atoms with Crippen molar-refractivity contribution >= 4 is 23.2 Å². The Labute approximate surface area is 155 Å². The van der Waals surface area contributed by atoms with Crippen LogP contribution in [0.5, 0.6) is 0 Å². The van der Waals surface area contributed by atoms with Crippen LogP contribution >= 0.6 is 0 Å². The van der Waals surface area contributed by atoms with Crippen molar-refractivity contribution in [1.29, 1.82) is 0 Å². The van der Waals surface area contributed by atoms with Crippen molar-refractivity contribution in [2.24, 2.45) is 0 Å². The van der Waals surface area contributed by atoms with Gasteiger partial charge in [-0.05, 0) is 35.7 Å². The van der Waals surface area contributed by atoms with Crippen LogP contribution in [0, 0.1) is 11.6 Å². The summed E-state index contributed by atoms with van der Waals surface area (Å²) >= 11 is 0. The van der Waals surface area contributed by atoms with E-state index in [9.17, 15) is 13.6 Å². The summed E-state index contributed by atoms with van der Waals surface area (Å²) in [5.74, 6) is -1.67. The van der Waals surface area contributed by atoms with E-state index in [-0.39, 0.29) is 17.4 Å². The number of halogens is 2. The summed E-state index contributed by atoms with van der Waals surface area (Å²) in [5.41, 5.74) is 2.44. The third-order valence-corrected chi connectivity index (χ3v) is 3.92. The number of hydrogen-bond donors (Lipinski definition) is 2. The van der Waals surface area contributed by atoms with Crippen LogP contribution in [-0.4, -0.2) is 15.9 Å². The first-order chi connectivity index (χ1) is 12.9. The Balaban J connectivity index is 1.65. The Bertz CT molecular complexity index is 941. The number of anilines is 3. The van der Waals surface area contributed by atoms with Gasteiger partial charge in [0, 0.05) is 29.8 Å². The van der Waals surface area contributed by atoms with Gasteiger partial charge >= 0.3 is 0 Å². The fourth-order valence-corrected chi connectivity index (χ4v) is 2.37. The minimum atomic E-state index is -0.973. The van der Waals surface area contributed by atoms with Crippen molar-refractivity contribution in [3.8, 4) is 0 Å². The van der Waals surface area contributed by atoms with Crippen molar-refractivity contribution in [3.63, 3.8) is 0 Å². The molecule has 0 bridgehead atoms.